The van der Waals surface area contributed by atoms with Crippen LogP contribution in [0.15, 0.2) is 109 Å². The lowest BCUT2D eigenvalue weighted by Crippen LogP contribution is -2.61. The third-order valence-corrected chi connectivity index (χ3v) is 12.8. The zero-order chi connectivity index (χ0) is 56.1. The summed E-state index contributed by atoms with van der Waals surface area (Å²) in [5.41, 5.74) is 0. The van der Waals surface area contributed by atoms with E-state index >= 15 is 0 Å². The average molecular weight is 1080 g/mol. The minimum atomic E-state index is -1.93. The Balaban J connectivity index is 2.73. The van der Waals surface area contributed by atoms with Crippen molar-refractivity contribution in [3.05, 3.63) is 109 Å². The lowest BCUT2D eigenvalue weighted by molar-refractivity contribution is -0.301. The molecule has 0 spiro atoms. The molecular formula is C65H104O12. The fraction of sp³-hybridized carbons (Fsp3) is 0.662. The molecule has 1 aliphatic rings. The second-order valence-electron chi connectivity index (χ2n) is 19.9. The summed E-state index contributed by atoms with van der Waals surface area (Å²) in [5, 5.41) is 31.4. The summed E-state index contributed by atoms with van der Waals surface area (Å²) in [6, 6.07) is 0. The molecule has 0 amide bonds. The van der Waals surface area contributed by atoms with Gasteiger partial charge in [0.2, 0.25) is 0 Å². The number of allylic oxidation sites excluding steroid dienone is 18. The van der Waals surface area contributed by atoms with Crippen LogP contribution in [-0.4, -0.2) is 89.2 Å². The molecule has 1 aliphatic heterocycles. The molecule has 1 heterocycles. The predicted molar refractivity (Wildman–Crippen MR) is 312 cm³/mol. The van der Waals surface area contributed by atoms with Gasteiger partial charge in [0.15, 0.2) is 24.6 Å². The maximum Gasteiger partial charge on any atom is 0.335 e. The van der Waals surface area contributed by atoms with Crippen LogP contribution in [0.2, 0.25) is 0 Å². The fourth-order valence-electron chi connectivity index (χ4n) is 8.31. The summed E-state index contributed by atoms with van der Waals surface area (Å²) < 4.78 is 28.3. The number of unbranched alkanes of at least 4 members (excludes halogenated alkanes) is 17. The Labute approximate surface area is 465 Å². The second kappa shape index (κ2) is 52.1. The van der Waals surface area contributed by atoms with Gasteiger partial charge in [0.05, 0.1) is 6.61 Å². The summed E-state index contributed by atoms with van der Waals surface area (Å²) in [6.45, 7) is 5.69. The number of aliphatic carboxylic acids is 1. The highest BCUT2D eigenvalue weighted by atomic mass is 16.7. The third-order valence-electron chi connectivity index (χ3n) is 12.8. The highest BCUT2D eigenvalue weighted by Gasteiger charge is 2.50. The molecular weight excluding hydrogens is 973 g/mol. The van der Waals surface area contributed by atoms with Crippen LogP contribution in [0, 0.1) is 0 Å². The first-order valence-corrected chi connectivity index (χ1v) is 29.9. The Morgan fingerprint density at radius 1 is 0.442 bits per heavy atom. The topological polar surface area (TPSA) is 175 Å². The third kappa shape index (κ3) is 42.1. The first-order valence-electron chi connectivity index (χ1n) is 29.9. The van der Waals surface area contributed by atoms with Gasteiger partial charge in [0, 0.05) is 19.3 Å². The molecule has 0 aromatic carbocycles. The molecule has 12 nitrogen and oxygen atoms in total. The Kier molecular flexibility index (Phi) is 47.6. The van der Waals surface area contributed by atoms with E-state index < -0.39 is 67.3 Å². The van der Waals surface area contributed by atoms with Crippen molar-refractivity contribution in [1.82, 2.24) is 0 Å². The molecule has 6 unspecified atom stereocenters. The molecule has 1 fully saturated rings. The summed E-state index contributed by atoms with van der Waals surface area (Å²) in [7, 11) is 0. The van der Waals surface area contributed by atoms with Gasteiger partial charge in [0.1, 0.15) is 18.8 Å². The highest BCUT2D eigenvalue weighted by Crippen LogP contribution is 2.26. The van der Waals surface area contributed by atoms with Crippen molar-refractivity contribution in [2.75, 3.05) is 13.2 Å². The molecule has 77 heavy (non-hydrogen) atoms. The minimum Gasteiger partial charge on any atom is -0.479 e. The Morgan fingerprint density at radius 3 is 1.30 bits per heavy atom. The van der Waals surface area contributed by atoms with Crippen LogP contribution < -0.4 is 0 Å². The Morgan fingerprint density at radius 2 is 0.844 bits per heavy atom. The largest absolute Gasteiger partial charge is 0.479 e. The number of ether oxygens (including phenoxy) is 5. The van der Waals surface area contributed by atoms with Crippen LogP contribution in [0.4, 0.5) is 0 Å². The SMILES string of the molecule is CC/C=C\C/C=C\C/C=C\C/C=C\CCC(=O)OC1C(OCC(COC(=O)CCCCCCCCC/C=C\C/C=C\C/C=C\CC)OC(=O)CCCCCCCCC/C=C\C/C=C\CCCCC)OC(C(=O)O)C(O)C1O. The van der Waals surface area contributed by atoms with E-state index in [1.165, 1.54) is 25.7 Å². The molecule has 436 valence electrons. The average Bonchev–Trinajstić information content (AvgIpc) is 3.42. The molecule has 0 aliphatic carbocycles. The molecule has 3 N–H and O–H groups in total. The van der Waals surface area contributed by atoms with Crippen LogP contribution >= 0.6 is 0 Å². The normalized spacial score (nSPS) is 18.8. The zero-order valence-corrected chi connectivity index (χ0v) is 47.9. The van der Waals surface area contributed by atoms with E-state index in [1.54, 1.807) is 0 Å². The maximum absolute atomic E-state index is 13.2. The van der Waals surface area contributed by atoms with Crippen LogP contribution in [-0.2, 0) is 42.9 Å². The standard InChI is InChI=1S/C65H104O12/c1-4-7-10-13-16-19-22-25-27-29-31-34-36-39-42-45-48-51-57(66)73-54-56(75-58(67)52-49-46-43-40-38-35-32-30-28-26-23-20-17-14-11-8-5-2)55-74-65-63(61(70)60(69)62(77-65)64(71)72)76-59(68)53-50-47-44-41-37-33-24-21-18-15-12-9-6-3/h7,9-10,12,16-21,25-28,33,37,44,47,56,60-63,65,69-70H,4-6,8,11,13-15,22-24,29-32,34-36,38-43,45-46,48-55H2,1-3H3,(H,71,72)/b10-7-,12-9-,19-16-,20-17-,21-18-,27-25-,28-26-,37-33-,47-44-. The monoisotopic (exact) mass is 1080 g/mol. The number of hydrogen-bond donors (Lipinski definition) is 3. The van der Waals surface area contributed by atoms with Crippen LogP contribution in [0.25, 0.3) is 0 Å². The summed E-state index contributed by atoms with van der Waals surface area (Å²) >= 11 is 0. The maximum atomic E-state index is 13.2. The van der Waals surface area contributed by atoms with Crippen molar-refractivity contribution in [3.8, 4) is 0 Å². The highest BCUT2D eigenvalue weighted by molar-refractivity contribution is 5.74. The number of aliphatic hydroxyl groups is 2. The Bertz CT molecular complexity index is 1750. The lowest BCUT2D eigenvalue weighted by atomic mass is 9.98. The van der Waals surface area contributed by atoms with E-state index in [1.807, 2.05) is 18.2 Å². The first-order chi connectivity index (χ1) is 37.6. The van der Waals surface area contributed by atoms with Crippen LogP contribution in [0.3, 0.4) is 0 Å². The molecule has 0 bridgehead atoms. The molecule has 1 saturated heterocycles. The number of carboxylic acids is 1. The second-order valence-corrected chi connectivity index (χ2v) is 19.9. The summed E-state index contributed by atoms with van der Waals surface area (Å²) in [6.07, 6.45) is 57.8. The van der Waals surface area contributed by atoms with E-state index in [0.717, 1.165) is 135 Å². The van der Waals surface area contributed by atoms with Gasteiger partial charge in [-0.2, -0.15) is 0 Å². The molecule has 12 heteroatoms. The van der Waals surface area contributed by atoms with Gasteiger partial charge in [-0.3, -0.25) is 14.4 Å². The quantitative estimate of drug-likeness (QED) is 0.0228. The van der Waals surface area contributed by atoms with E-state index in [0.29, 0.717) is 25.7 Å². The van der Waals surface area contributed by atoms with Crippen LogP contribution in [0.1, 0.15) is 226 Å². The van der Waals surface area contributed by atoms with Gasteiger partial charge < -0.3 is 39.0 Å². The van der Waals surface area contributed by atoms with Gasteiger partial charge in [-0.1, -0.05) is 207 Å². The number of hydrogen-bond acceptors (Lipinski definition) is 11. The van der Waals surface area contributed by atoms with Gasteiger partial charge in [-0.25, -0.2) is 4.79 Å². The van der Waals surface area contributed by atoms with E-state index in [4.69, 9.17) is 23.7 Å². The molecule has 0 aromatic heterocycles. The van der Waals surface area contributed by atoms with Gasteiger partial charge in [-0.15, -0.1) is 0 Å². The smallest absolute Gasteiger partial charge is 0.335 e. The predicted octanol–water partition coefficient (Wildman–Crippen LogP) is 15.4. The molecule has 0 aromatic rings. The summed E-state index contributed by atoms with van der Waals surface area (Å²) in [4.78, 5) is 51.1. The van der Waals surface area contributed by atoms with Crippen molar-refractivity contribution >= 4 is 23.9 Å². The molecule has 1 rings (SSSR count). The van der Waals surface area contributed by atoms with E-state index in [-0.39, 0.29) is 25.9 Å². The summed E-state index contributed by atoms with van der Waals surface area (Å²) in [5.74, 6) is -3.26. The number of carboxylic acid groups (broad SMARTS) is 1. The van der Waals surface area contributed by atoms with E-state index in [9.17, 15) is 34.5 Å². The van der Waals surface area contributed by atoms with Crippen molar-refractivity contribution < 1.29 is 58.2 Å². The van der Waals surface area contributed by atoms with Gasteiger partial charge in [-0.05, 0) is 109 Å². The number of carbonyl (C=O) groups excluding carboxylic acids is 3. The van der Waals surface area contributed by atoms with Crippen LogP contribution in [0.5, 0.6) is 0 Å². The zero-order valence-electron chi connectivity index (χ0n) is 47.9. The van der Waals surface area contributed by atoms with Gasteiger partial charge in [0.25, 0.3) is 0 Å². The number of carbonyl (C=O) groups is 4. The first kappa shape index (κ1) is 70.4. The van der Waals surface area contributed by atoms with Crippen molar-refractivity contribution in [1.29, 1.82) is 0 Å². The van der Waals surface area contributed by atoms with Crippen molar-refractivity contribution in [3.63, 3.8) is 0 Å². The van der Waals surface area contributed by atoms with Crippen molar-refractivity contribution in [2.45, 2.75) is 263 Å². The number of aliphatic hydroxyl groups excluding tert-OH is 2. The minimum absolute atomic E-state index is 0.0672. The number of esters is 3. The van der Waals surface area contributed by atoms with E-state index in [2.05, 4.69) is 112 Å². The molecule has 6 atom stereocenters. The number of rotatable bonds is 49. The van der Waals surface area contributed by atoms with Crippen molar-refractivity contribution in [2.24, 2.45) is 0 Å². The fourth-order valence-corrected chi connectivity index (χ4v) is 8.31. The Hall–Kier alpha value is -4.62. The van der Waals surface area contributed by atoms with Gasteiger partial charge >= 0.3 is 23.9 Å². The molecule has 0 saturated carbocycles. The lowest BCUT2D eigenvalue weighted by Gasteiger charge is -2.40. The molecule has 0 radical (unpaired) electrons.